The molecular formula is C6H13B. The van der Waals surface area contributed by atoms with Crippen LogP contribution in [0.4, 0.5) is 0 Å². The molecule has 0 rings (SSSR count). The molecule has 0 heterocycles. The Bertz CT molecular complexity index is 49.7. The molecule has 0 saturated heterocycles. The maximum absolute atomic E-state index is 5.57. The zero-order chi connectivity index (χ0) is 6.08. The van der Waals surface area contributed by atoms with Crippen molar-refractivity contribution in [2.75, 3.05) is 0 Å². The summed E-state index contributed by atoms with van der Waals surface area (Å²) < 4.78 is 0. The highest BCUT2D eigenvalue weighted by molar-refractivity contribution is 6.11. The average Bonchev–Trinajstić information content (AvgIpc) is 1.31. The van der Waals surface area contributed by atoms with Crippen molar-refractivity contribution < 1.29 is 0 Å². The molecule has 0 aliphatic carbocycles. The van der Waals surface area contributed by atoms with Crippen molar-refractivity contribution in [2.45, 2.75) is 33.5 Å². The Balaban J connectivity index is 3.54. The van der Waals surface area contributed by atoms with Crippen LogP contribution in [-0.2, 0) is 0 Å². The minimum absolute atomic E-state index is 0.278. The first-order valence-corrected chi connectivity index (χ1v) is 2.70. The molecule has 0 fully saturated rings. The summed E-state index contributed by atoms with van der Waals surface area (Å²) >= 11 is 0. The summed E-state index contributed by atoms with van der Waals surface area (Å²) in [4.78, 5) is 0. The van der Waals surface area contributed by atoms with E-state index in [0.29, 0.717) is 5.82 Å². The van der Waals surface area contributed by atoms with Crippen molar-refractivity contribution in [1.82, 2.24) is 0 Å². The van der Waals surface area contributed by atoms with Gasteiger partial charge in [-0.15, -0.1) is 0 Å². The smallest absolute Gasteiger partial charge is 0.0702 e. The lowest BCUT2D eigenvalue weighted by Crippen LogP contribution is -2.10. The maximum atomic E-state index is 5.57. The Morgan fingerprint density at radius 2 is 1.43 bits per heavy atom. The van der Waals surface area contributed by atoms with Gasteiger partial charge in [-0.25, -0.2) is 0 Å². The van der Waals surface area contributed by atoms with Gasteiger partial charge in [0.05, 0.1) is 7.85 Å². The quantitative estimate of drug-likeness (QED) is 0.404. The summed E-state index contributed by atoms with van der Waals surface area (Å²) in [5.41, 5.74) is 0.278. The summed E-state index contributed by atoms with van der Waals surface area (Å²) in [6.07, 6.45) is 0. The third-order valence-corrected chi connectivity index (χ3v) is 1.37. The Hall–Kier alpha value is 0.0649. The normalized spacial score (nSPS) is 16.6. The Morgan fingerprint density at radius 3 is 1.43 bits per heavy atom. The molecule has 0 aliphatic rings. The van der Waals surface area contributed by atoms with E-state index in [1.807, 2.05) is 6.92 Å². The maximum Gasteiger partial charge on any atom is 0.0702 e. The number of rotatable bonds is 0. The summed E-state index contributed by atoms with van der Waals surface area (Å²) in [7, 11) is 5.57. The van der Waals surface area contributed by atoms with E-state index in [-0.39, 0.29) is 5.41 Å². The first-order chi connectivity index (χ1) is 2.94. The molecule has 0 unspecified atom stereocenters. The van der Waals surface area contributed by atoms with E-state index in [9.17, 15) is 0 Å². The fourth-order valence-electron chi connectivity index (χ4n) is 0. The fourth-order valence-corrected chi connectivity index (χ4v) is 0. The summed E-state index contributed by atoms with van der Waals surface area (Å²) in [6, 6.07) is 0. The predicted molar refractivity (Wildman–Crippen MR) is 34.6 cm³/mol. The van der Waals surface area contributed by atoms with Gasteiger partial charge in [-0.2, -0.15) is 0 Å². The van der Waals surface area contributed by atoms with Crippen LogP contribution in [0.15, 0.2) is 0 Å². The van der Waals surface area contributed by atoms with Gasteiger partial charge in [0.2, 0.25) is 0 Å². The van der Waals surface area contributed by atoms with Gasteiger partial charge in [-0.1, -0.05) is 33.5 Å². The predicted octanol–water partition coefficient (Wildman–Crippen LogP) is 2.01. The van der Waals surface area contributed by atoms with E-state index in [1.165, 1.54) is 0 Å². The van der Waals surface area contributed by atoms with Gasteiger partial charge in [0, 0.05) is 0 Å². The lowest BCUT2D eigenvalue weighted by molar-refractivity contribution is 0.398. The minimum Gasteiger partial charge on any atom is -0.0754 e. The Kier molecular flexibility index (Phi) is 1.91. The molecule has 0 aromatic carbocycles. The molecule has 0 nitrogen and oxygen atoms in total. The molecule has 0 aliphatic heterocycles. The van der Waals surface area contributed by atoms with E-state index < -0.39 is 0 Å². The molecule has 0 N–H and O–H groups in total. The van der Waals surface area contributed by atoms with Crippen LogP contribution in [-0.4, -0.2) is 7.85 Å². The third kappa shape index (κ3) is 2.72. The van der Waals surface area contributed by atoms with Gasteiger partial charge in [0.25, 0.3) is 0 Å². The van der Waals surface area contributed by atoms with E-state index in [4.69, 9.17) is 7.85 Å². The van der Waals surface area contributed by atoms with Gasteiger partial charge < -0.3 is 0 Å². The zero-order valence-corrected chi connectivity index (χ0v) is 5.65. The van der Waals surface area contributed by atoms with Gasteiger partial charge in [-0.05, 0) is 5.41 Å². The molecule has 40 valence electrons. The zero-order valence-electron chi connectivity index (χ0n) is 5.65. The van der Waals surface area contributed by atoms with Crippen LogP contribution < -0.4 is 0 Å². The molecule has 2 radical (unpaired) electrons. The summed E-state index contributed by atoms with van der Waals surface area (Å²) in [5.74, 6) is 0.299. The van der Waals surface area contributed by atoms with Crippen molar-refractivity contribution in [2.24, 2.45) is 5.41 Å². The molecule has 1 atom stereocenters. The van der Waals surface area contributed by atoms with Crippen LogP contribution in [0.1, 0.15) is 27.7 Å². The van der Waals surface area contributed by atoms with E-state index in [2.05, 4.69) is 20.8 Å². The SMILES string of the molecule is [B][C@@H](C)C(C)(C)C. The van der Waals surface area contributed by atoms with Gasteiger partial charge in [-0.3, -0.25) is 0 Å². The highest BCUT2D eigenvalue weighted by Gasteiger charge is 2.13. The highest BCUT2D eigenvalue weighted by Crippen LogP contribution is 2.26. The first kappa shape index (κ1) is 7.06. The van der Waals surface area contributed by atoms with Gasteiger partial charge in [0.15, 0.2) is 0 Å². The van der Waals surface area contributed by atoms with Crippen molar-refractivity contribution in [3.63, 3.8) is 0 Å². The van der Waals surface area contributed by atoms with Crippen molar-refractivity contribution in [3.8, 4) is 0 Å². The second kappa shape index (κ2) is 1.89. The van der Waals surface area contributed by atoms with Crippen LogP contribution in [0.5, 0.6) is 0 Å². The molecule has 0 bridgehead atoms. The lowest BCUT2D eigenvalue weighted by Gasteiger charge is -2.23. The van der Waals surface area contributed by atoms with E-state index in [1.54, 1.807) is 0 Å². The number of hydrogen-bond acceptors (Lipinski definition) is 0. The monoisotopic (exact) mass is 96.1 g/mol. The molecule has 7 heavy (non-hydrogen) atoms. The molecule has 1 heteroatoms. The molecular weight excluding hydrogens is 82.9 g/mol. The van der Waals surface area contributed by atoms with Crippen molar-refractivity contribution in [3.05, 3.63) is 0 Å². The minimum atomic E-state index is 0.278. The summed E-state index contributed by atoms with van der Waals surface area (Å²) in [6.45, 7) is 8.44. The van der Waals surface area contributed by atoms with Crippen LogP contribution in [0, 0.1) is 5.41 Å². The van der Waals surface area contributed by atoms with E-state index in [0.717, 1.165) is 0 Å². The first-order valence-electron chi connectivity index (χ1n) is 2.70. The average molecular weight is 96.0 g/mol. The van der Waals surface area contributed by atoms with Crippen LogP contribution >= 0.6 is 0 Å². The van der Waals surface area contributed by atoms with Gasteiger partial charge >= 0.3 is 0 Å². The molecule has 0 amide bonds. The second-order valence-corrected chi connectivity index (χ2v) is 3.15. The fraction of sp³-hybridized carbons (Fsp3) is 1.00. The Labute approximate surface area is 47.7 Å². The summed E-state index contributed by atoms with van der Waals surface area (Å²) in [5, 5.41) is 0. The van der Waals surface area contributed by atoms with Crippen molar-refractivity contribution in [1.29, 1.82) is 0 Å². The number of hydrogen-bond donors (Lipinski definition) is 0. The molecule has 0 aromatic rings. The van der Waals surface area contributed by atoms with Gasteiger partial charge in [0.1, 0.15) is 0 Å². The topological polar surface area (TPSA) is 0 Å². The second-order valence-electron chi connectivity index (χ2n) is 3.15. The van der Waals surface area contributed by atoms with Crippen LogP contribution in [0.3, 0.4) is 0 Å². The molecule has 0 aromatic heterocycles. The Morgan fingerprint density at radius 1 is 1.29 bits per heavy atom. The highest BCUT2D eigenvalue weighted by atomic mass is 14.1. The van der Waals surface area contributed by atoms with E-state index >= 15 is 0 Å². The lowest BCUT2D eigenvalue weighted by atomic mass is 9.70. The van der Waals surface area contributed by atoms with Crippen molar-refractivity contribution >= 4 is 7.85 Å². The molecule has 0 spiro atoms. The van der Waals surface area contributed by atoms with Crippen LogP contribution in [0.2, 0.25) is 5.82 Å². The largest absolute Gasteiger partial charge is 0.0754 e. The standard InChI is InChI=1S/C6H13B/c1-5(7)6(2,3)4/h5H,1-4H3/t5-/m0/s1. The van der Waals surface area contributed by atoms with Crippen LogP contribution in [0.25, 0.3) is 0 Å². The molecule has 0 saturated carbocycles. The third-order valence-electron chi connectivity index (χ3n) is 1.37.